The van der Waals surface area contributed by atoms with Gasteiger partial charge in [0, 0.05) is 9.79 Å². The molecule has 158 valence electrons. The maximum absolute atomic E-state index is 12.8. The SMILES string of the molecule is CS(c1ccccc1)(c1ccccc1)c1ccc(Sc2ccc(C(F)(F)F)cc2)cc1. The molecule has 0 aliphatic heterocycles. The molecular weight excluding hydrogens is 433 g/mol. The Kier molecular flexibility index (Phi) is 6.17. The van der Waals surface area contributed by atoms with Gasteiger partial charge in [-0.05, 0) is 93.7 Å². The maximum atomic E-state index is 12.8. The summed E-state index contributed by atoms with van der Waals surface area (Å²) in [4.78, 5) is 5.57. The van der Waals surface area contributed by atoms with Gasteiger partial charge in [0.05, 0.1) is 5.56 Å². The summed E-state index contributed by atoms with van der Waals surface area (Å²) in [6, 6.07) is 34.7. The van der Waals surface area contributed by atoms with Gasteiger partial charge in [-0.15, -0.1) is 0 Å². The van der Waals surface area contributed by atoms with Crippen LogP contribution in [0.3, 0.4) is 0 Å². The van der Waals surface area contributed by atoms with Crippen LogP contribution in [0.1, 0.15) is 5.56 Å². The molecular formula is C26H21F3S2. The summed E-state index contributed by atoms with van der Waals surface area (Å²) in [5, 5.41) is 0. The van der Waals surface area contributed by atoms with Crippen LogP contribution in [0.5, 0.6) is 0 Å². The van der Waals surface area contributed by atoms with Crippen LogP contribution >= 0.6 is 21.8 Å². The normalized spacial score (nSPS) is 12.5. The molecule has 0 aromatic heterocycles. The van der Waals surface area contributed by atoms with E-state index in [2.05, 4.69) is 79.1 Å². The van der Waals surface area contributed by atoms with E-state index in [1.165, 1.54) is 38.6 Å². The topological polar surface area (TPSA) is 0 Å². The summed E-state index contributed by atoms with van der Waals surface area (Å²) in [6.45, 7) is 0. The van der Waals surface area contributed by atoms with E-state index in [-0.39, 0.29) is 0 Å². The number of rotatable bonds is 5. The highest BCUT2D eigenvalue weighted by molar-refractivity contribution is 8.33. The smallest absolute Gasteiger partial charge is 0.166 e. The fourth-order valence-corrected chi connectivity index (χ4v) is 7.14. The summed E-state index contributed by atoms with van der Waals surface area (Å²) >= 11 is 1.46. The minimum absolute atomic E-state index is 0.628. The first-order chi connectivity index (χ1) is 14.9. The van der Waals surface area contributed by atoms with Gasteiger partial charge in [0.1, 0.15) is 0 Å². The number of benzene rings is 4. The number of hydrogen-bond acceptors (Lipinski definition) is 1. The molecule has 4 aromatic rings. The molecule has 0 heterocycles. The summed E-state index contributed by atoms with van der Waals surface area (Å²) in [7, 11) is -1.42. The van der Waals surface area contributed by atoms with Crippen molar-refractivity contribution in [3.05, 3.63) is 115 Å². The number of alkyl halides is 3. The van der Waals surface area contributed by atoms with Gasteiger partial charge in [-0.1, -0.05) is 48.2 Å². The van der Waals surface area contributed by atoms with Crippen molar-refractivity contribution in [3.8, 4) is 0 Å². The molecule has 0 fully saturated rings. The summed E-state index contributed by atoms with van der Waals surface area (Å²) < 4.78 is 38.3. The summed E-state index contributed by atoms with van der Waals surface area (Å²) in [5.74, 6) is 0. The zero-order valence-electron chi connectivity index (χ0n) is 16.8. The molecule has 0 unspecified atom stereocenters. The van der Waals surface area contributed by atoms with E-state index in [1.807, 2.05) is 12.1 Å². The maximum Gasteiger partial charge on any atom is 0.416 e. The van der Waals surface area contributed by atoms with E-state index in [1.54, 1.807) is 0 Å². The van der Waals surface area contributed by atoms with Crippen molar-refractivity contribution in [2.24, 2.45) is 0 Å². The average molecular weight is 455 g/mol. The second-order valence-corrected chi connectivity index (χ2v) is 11.5. The first-order valence-electron chi connectivity index (χ1n) is 9.71. The number of hydrogen-bond donors (Lipinski definition) is 0. The van der Waals surface area contributed by atoms with E-state index in [0.29, 0.717) is 0 Å². The van der Waals surface area contributed by atoms with Crippen molar-refractivity contribution in [2.45, 2.75) is 30.7 Å². The van der Waals surface area contributed by atoms with Crippen LogP contribution in [0.2, 0.25) is 0 Å². The van der Waals surface area contributed by atoms with Gasteiger partial charge in [0.25, 0.3) is 0 Å². The van der Waals surface area contributed by atoms with Crippen LogP contribution in [-0.2, 0) is 6.18 Å². The highest BCUT2D eigenvalue weighted by Crippen LogP contribution is 2.65. The van der Waals surface area contributed by atoms with Crippen molar-refractivity contribution >= 4 is 21.8 Å². The minimum atomic E-state index is -4.31. The van der Waals surface area contributed by atoms with Gasteiger partial charge in [-0.2, -0.15) is 23.2 Å². The quantitative estimate of drug-likeness (QED) is 0.290. The minimum Gasteiger partial charge on any atom is -0.166 e. The Morgan fingerprint density at radius 2 is 0.935 bits per heavy atom. The molecule has 0 aliphatic rings. The lowest BCUT2D eigenvalue weighted by molar-refractivity contribution is -0.137. The third-order valence-corrected chi connectivity index (χ3v) is 9.80. The van der Waals surface area contributed by atoms with Crippen molar-refractivity contribution in [3.63, 3.8) is 0 Å². The fraction of sp³-hybridized carbons (Fsp3) is 0.0769. The van der Waals surface area contributed by atoms with E-state index in [4.69, 9.17) is 0 Å². The van der Waals surface area contributed by atoms with E-state index in [9.17, 15) is 13.2 Å². The monoisotopic (exact) mass is 454 g/mol. The second-order valence-electron chi connectivity index (χ2n) is 7.14. The van der Waals surface area contributed by atoms with Gasteiger partial charge in [-0.3, -0.25) is 0 Å². The van der Waals surface area contributed by atoms with Crippen LogP contribution < -0.4 is 0 Å². The molecule has 4 rings (SSSR count). The molecule has 0 amide bonds. The van der Waals surface area contributed by atoms with E-state index < -0.39 is 21.8 Å². The Bertz CT molecular complexity index is 1080. The molecule has 31 heavy (non-hydrogen) atoms. The predicted octanol–water partition coefficient (Wildman–Crippen LogP) is 8.77. The predicted molar refractivity (Wildman–Crippen MR) is 123 cm³/mol. The van der Waals surface area contributed by atoms with Crippen LogP contribution in [0.4, 0.5) is 13.2 Å². The van der Waals surface area contributed by atoms with Gasteiger partial charge in [0.2, 0.25) is 0 Å². The molecule has 0 atom stereocenters. The molecule has 0 aliphatic carbocycles. The Labute approximate surface area is 186 Å². The molecule has 0 nitrogen and oxygen atoms in total. The lowest BCUT2D eigenvalue weighted by Gasteiger charge is -2.37. The van der Waals surface area contributed by atoms with E-state index >= 15 is 0 Å². The Morgan fingerprint density at radius 1 is 0.548 bits per heavy atom. The van der Waals surface area contributed by atoms with Crippen molar-refractivity contribution in [2.75, 3.05) is 6.26 Å². The zero-order chi connectivity index (χ0) is 21.9. The highest BCUT2D eigenvalue weighted by Gasteiger charge is 2.30. The van der Waals surface area contributed by atoms with Crippen LogP contribution in [0, 0.1) is 0 Å². The lowest BCUT2D eigenvalue weighted by Crippen LogP contribution is -2.03. The molecule has 0 spiro atoms. The lowest BCUT2D eigenvalue weighted by atomic mass is 10.2. The third kappa shape index (κ3) is 4.68. The molecule has 4 aromatic carbocycles. The van der Waals surface area contributed by atoms with Crippen molar-refractivity contribution < 1.29 is 13.2 Å². The van der Waals surface area contributed by atoms with Gasteiger partial charge in [0.15, 0.2) is 0 Å². The Hall–Kier alpha value is -2.63. The molecule has 5 heteroatoms. The zero-order valence-corrected chi connectivity index (χ0v) is 18.5. The van der Waals surface area contributed by atoms with Crippen LogP contribution in [-0.4, -0.2) is 6.26 Å². The highest BCUT2D eigenvalue weighted by atomic mass is 32.3. The van der Waals surface area contributed by atoms with E-state index in [0.717, 1.165) is 21.9 Å². The standard InChI is InChI=1S/C26H21F3S2/c1-31(23-8-4-2-5-9-23,24-10-6-3-7-11-24)25-18-16-22(17-19-25)30-21-14-12-20(13-15-21)26(27,28)29/h2-19H,1H3. The van der Waals surface area contributed by atoms with Crippen molar-refractivity contribution in [1.82, 2.24) is 0 Å². The Morgan fingerprint density at radius 3 is 1.35 bits per heavy atom. The Balaban J connectivity index is 1.64. The molecule has 0 bridgehead atoms. The summed E-state index contributed by atoms with van der Waals surface area (Å²) in [6.07, 6.45) is -2.01. The third-order valence-electron chi connectivity index (χ3n) is 5.14. The van der Waals surface area contributed by atoms with Gasteiger partial charge in [-0.25, -0.2) is 0 Å². The molecule has 0 N–H and O–H groups in total. The summed E-state index contributed by atoms with van der Waals surface area (Å²) in [5.41, 5.74) is -0.628. The molecule has 0 radical (unpaired) electrons. The van der Waals surface area contributed by atoms with Crippen molar-refractivity contribution in [1.29, 1.82) is 0 Å². The first-order valence-corrected chi connectivity index (χ1v) is 12.6. The largest absolute Gasteiger partial charge is 0.416 e. The van der Waals surface area contributed by atoms with Crippen LogP contribution in [0.15, 0.2) is 134 Å². The average Bonchev–Trinajstić information content (AvgIpc) is 2.80. The van der Waals surface area contributed by atoms with Gasteiger partial charge >= 0.3 is 6.18 Å². The van der Waals surface area contributed by atoms with Crippen LogP contribution in [0.25, 0.3) is 0 Å². The molecule has 0 saturated carbocycles. The fourth-order valence-electron chi connectivity index (χ4n) is 3.42. The number of halogens is 3. The van der Waals surface area contributed by atoms with Gasteiger partial charge < -0.3 is 0 Å². The second kappa shape index (κ2) is 8.85. The first kappa shape index (κ1) is 21.6. The molecule has 0 saturated heterocycles.